The monoisotopic (exact) mass is 244 g/mol. The summed E-state index contributed by atoms with van der Waals surface area (Å²) >= 11 is 0. The van der Waals surface area contributed by atoms with E-state index in [1.165, 1.54) is 0 Å². The number of nitrogens with zero attached hydrogens (tertiary/aromatic N) is 2. The average Bonchev–Trinajstić information content (AvgIpc) is 2.90. The molecule has 0 radical (unpaired) electrons. The van der Waals surface area contributed by atoms with Gasteiger partial charge in [0.2, 0.25) is 0 Å². The Hall–Kier alpha value is -2.10. The maximum atomic E-state index is 10.8. The summed E-state index contributed by atoms with van der Waals surface area (Å²) in [7, 11) is 0. The van der Waals surface area contributed by atoms with E-state index in [0.717, 1.165) is 18.4 Å². The summed E-state index contributed by atoms with van der Waals surface area (Å²) in [6.45, 7) is 2.13. The van der Waals surface area contributed by atoms with Crippen molar-refractivity contribution in [3.05, 3.63) is 54.1 Å². The van der Waals surface area contributed by atoms with Gasteiger partial charge in [0.05, 0.1) is 17.9 Å². The number of benzene rings is 1. The highest BCUT2D eigenvalue weighted by molar-refractivity contribution is 5.87. The average molecular weight is 244 g/mol. The minimum absolute atomic E-state index is 0.223. The normalized spacial score (nSPS) is 12.3. The summed E-state index contributed by atoms with van der Waals surface area (Å²) in [4.78, 5) is 14.9. The summed E-state index contributed by atoms with van der Waals surface area (Å²) in [5.74, 6) is -0.892. The molecule has 1 heterocycles. The van der Waals surface area contributed by atoms with Crippen molar-refractivity contribution in [2.24, 2.45) is 0 Å². The Labute approximate surface area is 106 Å². The molecule has 4 heteroatoms. The zero-order valence-electron chi connectivity index (χ0n) is 10.3. The van der Waals surface area contributed by atoms with Crippen LogP contribution in [0.5, 0.6) is 0 Å². The molecule has 0 bridgehead atoms. The van der Waals surface area contributed by atoms with Crippen molar-refractivity contribution in [3.8, 4) is 0 Å². The van der Waals surface area contributed by atoms with E-state index in [-0.39, 0.29) is 6.04 Å². The van der Waals surface area contributed by atoms with Crippen LogP contribution in [0.4, 0.5) is 0 Å². The van der Waals surface area contributed by atoms with Crippen LogP contribution in [0.15, 0.2) is 43.0 Å². The lowest BCUT2D eigenvalue weighted by atomic mass is 10.0. The van der Waals surface area contributed by atoms with E-state index in [1.807, 2.05) is 18.3 Å². The van der Waals surface area contributed by atoms with Crippen molar-refractivity contribution >= 4 is 5.97 Å². The summed E-state index contributed by atoms with van der Waals surface area (Å²) in [5, 5.41) is 8.89. The van der Waals surface area contributed by atoms with Crippen molar-refractivity contribution in [2.45, 2.75) is 25.8 Å². The van der Waals surface area contributed by atoms with Gasteiger partial charge in [0.25, 0.3) is 0 Å². The molecule has 0 aliphatic heterocycles. The van der Waals surface area contributed by atoms with Gasteiger partial charge in [-0.25, -0.2) is 9.78 Å². The predicted molar refractivity (Wildman–Crippen MR) is 68.7 cm³/mol. The van der Waals surface area contributed by atoms with Crippen LogP contribution in [0.3, 0.4) is 0 Å². The number of rotatable bonds is 5. The fourth-order valence-electron chi connectivity index (χ4n) is 2.06. The number of imidazole rings is 1. The lowest BCUT2D eigenvalue weighted by Gasteiger charge is -2.18. The molecule has 2 rings (SSSR count). The van der Waals surface area contributed by atoms with Gasteiger partial charge in [0.1, 0.15) is 0 Å². The quantitative estimate of drug-likeness (QED) is 0.879. The van der Waals surface area contributed by atoms with E-state index in [2.05, 4.69) is 16.5 Å². The Morgan fingerprint density at radius 2 is 2.11 bits per heavy atom. The van der Waals surface area contributed by atoms with Crippen molar-refractivity contribution in [2.75, 3.05) is 0 Å². The molecule has 2 aromatic rings. The zero-order chi connectivity index (χ0) is 13.0. The Morgan fingerprint density at radius 1 is 1.39 bits per heavy atom. The largest absolute Gasteiger partial charge is 0.478 e. The van der Waals surface area contributed by atoms with Gasteiger partial charge >= 0.3 is 5.97 Å². The van der Waals surface area contributed by atoms with Crippen molar-refractivity contribution < 1.29 is 9.90 Å². The maximum Gasteiger partial charge on any atom is 0.335 e. The second-order valence-electron chi connectivity index (χ2n) is 4.24. The number of carbonyl (C=O) groups is 1. The molecule has 0 saturated carbocycles. The molecule has 0 fully saturated rings. The van der Waals surface area contributed by atoms with Gasteiger partial charge in [0.15, 0.2) is 0 Å². The summed E-state index contributed by atoms with van der Waals surface area (Å²) in [6.07, 6.45) is 7.55. The van der Waals surface area contributed by atoms with Gasteiger partial charge in [-0.05, 0) is 24.1 Å². The van der Waals surface area contributed by atoms with Gasteiger partial charge in [-0.15, -0.1) is 0 Å². The Morgan fingerprint density at radius 3 is 2.61 bits per heavy atom. The van der Waals surface area contributed by atoms with Crippen molar-refractivity contribution in [1.29, 1.82) is 0 Å². The molecule has 0 amide bonds. The predicted octanol–water partition coefficient (Wildman–Crippen LogP) is 2.97. The van der Waals surface area contributed by atoms with E-state index in [0.29, 0.717) is 5.56 Å². The van der Waals surface area contributed by atoms with E-state index < -0.39 is 5.97 Å². The third kappa shape index (κ3) is 2.59. The third-order valence-corrected chi connectivity index (χ3v) is 2.99. The Bertz CT molecular complexity index is 503. The minimum atomic E-state index is -0.892. The molecule has 0 aliphatic carbocycles. The topological polar surface area (TPSA) is 55.1 Å². The first-order valence-corrected chi connectivity index (χ1v) is 6.03. The van der Waals surface area contributed by atoms with Gasteiger partial charge < -0.3 is 9.67 Å². The fraction of sp³-hybridized carbons (Fsp3) is 0.286. The smallest absolute Gasteiger partial charge is 0.335 e. The molecular formula is C14H16N2O2. The first-order chi connectivity index (χ1) is 8.72. The maximum absolute atomic E-state index is 10.8. The van der Waals surface area contributed by atoms with Crippen LogP contribution in [0.2, 0.25) is 0 Å². The first kappa shape index (κ1) is 12.4. The van der Waals surface area contributed by atoms with Crippen LogP contribution < -0.4 is 0 Å². The molecule has 1 aromatic carbocycles. The van der Waals surface area contributed by atoms with Gasteiger partial charge in [-0.3, -0.25) is 0 Å². The summed E-state index contributed by atoms with van der Waals surface area (Å²) in [6, 6.07) is 7.28. The SMILES string of the molecule is CCCC(c1ccc(C(=O)O)cc1)n1ccnc1. The molecular weight excluding hydrogens is 228 g/mol. The molecule has 4 nitrogen and oxygen atoms in total. The second-order valence-corrected chi connectivity index (χ2v) is 4.24. The fourth-order valence-corrected chi connectivity index (χ4v) is 2.06. The van der Waals surface area contributed by atoms with E-state index in [4.69, 9.17) is 5.11 Å². The van der Waals surface area contributed by atoms with Crippen molar-refractivity contribution in [3.63, 3.8) is 0 Å². The van der Waals surface area contributed by atoms with Crippen LogP contribution >= 0.6 is 0 Å². The van der Waals surface area contributed by atoms with E-state index in [9.17, 15) is 4.79 Å². The third-order valence-electron chi connectivity index (χ3n) is 2.99. The summed E-state index contributed by atoms with van der Waals surface area (Å²) < 4.78 is 2.05. The van der Waals surface area contributed by atoms with E-state index >= 15 is 0 Å². The second kappa shape index (κ2) is 5.49. The number of aromatic nitrogens is 2. The first-order valence-electron chi connectivity index (χ1n) is 6.03. The summed E-state index contributed by atoms with van der Waals surface area (Å²) in [5.41, 5.74) is 1.43. The van der Waals surface area contributed by atoms with Crippen LogP contribution in [-0.4, -0.2) is 20.6 Å². The van der Waals surface area contributed by atoms with Crippen LogP contribution in [-0.2, 0) is 0 Å². The molecule has 94 valence electrons. The highest BCUT2D eigenvalue weighted by Gasteiger charge is 2.12. The molecule has 18 heavy (non-hydrogen) atoms. The number of carboxylic acids is 1. The van der Waals surface area contributed by atoms with Gasteiger partial charge in [-0.1, -0.05) is 25.5 Å². The lowest BCUT2D eigenvalue weighted by Crippen LogP contribution is -2.09. The minimum Gasteiger partial charge on any atom is -0.478 e. The standard InChI is InChI=1S/C14H16N2O2/c1-2-3-13(16-9-8-15-10-16)11-4-6-12(7-5-11)14(17)18/h4-10,13H,2-3H2,1H3,(H,17,18). The number of hydrogen-bond donors (Lipinski definition) is 1. The molecule has 1 aromatic heterocycles. The van der Waals surface area contributed by atoms with E-state index in [1.54, 1.807) is 24.7 Å². The van der Waals surface area contributed by atoms with Crippen LogP contribution in [0, 0.1) is 0 Å². The highest BCUT2D eigenvalue weighted by Crippen LogP contribution is 2.23. The van der Waals surface area contributed by atoms with Gasteiger partial charge in [-0.2, -0.15) is 0 Å². The Kier molecular flexibility index (Phi) is 3.77. The molecule has 1 unspecified atom stereocenters. The molecule has 1 N–H and O–H groups in total. The van der Waals surface area contributed by atoms with Crippen molar-refractivity contribution in [1.82, 2.24) is 9.55 Å². The lowest BCUT2D eigenvalue weighted by molar-refractivity contribution is 0.0697. The Balaban J connectivity index is 2.28. The van der Waals surface area contributed by atoms with Crippen LogP contribution in [0.25, 0.3) is 0 Å². The number of carboxylic acid groups (broad SMARTS) is 1. The molecule has 0 aliphatic rings. The molecule has 0 saturated heterocycles. The molecule has 0 spiro atoms. The highest BCUT2D eigenvalue weighted by atomic mass is 16.4. The zero-order valence-corrected chi connectivity index (χ0v) is 10.3. The number of hydrogen-bond acceptors (Lipinski definition) is 2. The number of aromatic carboxylic acids is 1. The molecule has 1 atom stereocenters. The van der Waals surface area contributed by atoms with Crippen LogP contribution in [0.1, 0.15) is 41.7 Å². The van der Waals surface area contributed by atoms with Gasteiger partial charge in [0, 0.05) is 12.4 Å².